The molecule has 0 heterocycles. The van der Waals surface area contributed by atoms with E-state index in [1.54, 1.807) is 12.1 Å². The van der Waals surface area contributed by atoms with Gasteiger partial charge in [-0.3, -0.25) is 0 Å². The van der Waals surface area contributed by atoms with Gasteiger partial charge in [0, 0.05) is 18.2 Å². The van der Waals surface area contributed by atoms with Gasteiger partial charge in [0.25, 0.3) is 0 Å². The first kappa shape index (κ1) is 18.0. The number of hydrogen-bond acceptors (Lipinski definition) is 5. The van der Waals surface area contributed by atoms with Gasteiger partial charge in [0.05, 0.1) is 18.1 Å². The van der Waals surface area contributed by atoms with E-state index in [-0.39, 0.29) is 17.0 Å². The molecule has 1 aromatic carbocycles. The molecule has 0 aliphatic heterocycles. The highest BCUT2D eigenvalue weighted by Gasteiger charge is 2.25. The second-order valence-electron chi connectivity index (χ2n) is 5.71. The van der Waals surface area contributed by atoms with Crippen LogP contribution >= 0.6 is 0 Å². The number of sulfonamides is 1. The Balaban J connectivity index is 2.16. The van der Waals surface area contributed by atoms with Crippen molar-refractivity contribution < 1.29 is 17.9 Å². The lowest BCUT2D eigenvalue weighted by Crippen LogP contribution is -2.40. The number of nitrogens with two attached hydrogens (primary N) is 1. The van der Waals surface area contributed by atoms with Crippen molar-refractivity contribution in [1.29, 1.82) is 0 Å². The van der Waals surface area contributed by atoms with Gasteiger partial charge >= 0.3 is 0 Å². The quantitative estimate of drug-likeness (QED) is 0.791. The van der Waals surface area contributed by atoms with Crippen molar-refractivity contribution in [2.24, 2.45) is 5.73 Å². The summed E-state index contributed by atoms with van der Waals surface area (Å²) >= 11 is 0. The van der Waals surface area contributed by atoms with Crippen molar-refractivity contribution in [3.8, 4) is 11.5 Å². The minimum atomic E-state index is -3.58. The van der Waals surface area contributed by atoms with Crippen LogP contribution in [0.25, 0.3) is 0 Å². The van der Waals surface area contributed by atoms with Crippen LogP contribution in [0.5, 0.6) is 11.5 Å². The summed E-state index contributed by atoms with van der Waals surface area (Å²) in [4.78, 5) is 0.194. The summed E-state index contributed by atoms with van der Waals surface area (Å²) in [6.07, 6.45) is 3.24. The maximum atomic E-state index is 12.6. The average Bonchev–Trinajstić information content (AvgIpc) is 2.51. The molecule has 1 saturated carbocycles. The van der Waals surface area contributed by atoms with Crippen molar-refractivity contribution in [1.82, 2.24) is 4.72 Å². The summed E-state index contributed by atoms with van der Waals surface area (Å²) in [5, 5.41) is 0. The smallest absolute Gasteiger partial charge is 0.240 e. The third-order valence-corrected chi connectivity index (χ3v) is 5.44. The Bertz CT molecular complexity index is 611. The third-order valence-electron chi connectivity index (χ3n) is 3.92. The lowest BCUT2D eigenvalue weighted by Gasteiger charge is -2.26. The van der Waals surface area contributed by atoms with Gasteiger partial charge < -0.3 is 15.2 Å². The first-order valence-electron chi connectivity index (χ1n) is 8.13. The molecule has 0 amide bonds. The Hall–Kier alpha value is -1.31. The van der Waals surface area contributed by atoms with Crippen LogP contribution < -0.4 is 19.9 Å². The van der Waals surface area contributed by atoms with Gasteiger partial charge in [-0.2, -0.15) is 0 Å². The number of ether oxygens (including phenoxy) is 2. The Morgan fingerprint density at radius 1 is 1.09 bits per heavy atom. The molecule has 3 N–H and O–H groups in total. The van der Waals surface area contributed by atoms with Gasteiger partial charge in [0.2, 0.25) is 10.0 Å². The number of hydrogen-bond donors (Lipinski definition) is 2. The zero-order valence-electron chi connectivity index (χ0n) is 13.7. The fourth-order valence-corrected chi connectivity index (χ4v) is 4.04. The van der Waals surface area contributed by atoms with Crippen molar-refractivity contribution in [3.63, 3.8) is 0 Å². The molecule has 0 unspecified atom stereocenters. The zero-order chi connectivity index (χ0) is 16.9. The molecule has 0 atom stereocenters. The molecular weight excluding hydrogens is 316 g/mol. The molecular formula is C16H26N2O4S. The molecule has 1 aliphatic carbocycles. The minimum absolute atomic E-state index is 0.0538. The van der Waals surface area contributed by atoms with Crippen LogP contribution in [0.1, 0.15) is 39.5 Å². The normalized spacial score (nSPS) is 21.9. The molecule has 6 nitrogen and oxygen atoms in total. The first-order valence-corrected chi connectivity index (χ1v) is 9.62. The summed E-state index contributed by atoms with van der Waals surface area (Å²) in [6.45, 7) is 4.65. The fourth-order valence-electron chi connectivity index (χ4n) is 2.72. The molecule has 1 fully saturated rings. The lowest BCUT2D eigenvalue weighted by molar-refractivity contribution is 0.287. The fraction of sp³-hybridized carbons (Fsp3) is 0.625. The van der Waals surface area contributed by atoms with E-state index in [1.807, 2.05) is 13.8 Å². The largest absolute Gasteiger partial charge is 0.490 e. The van der Waals surface area contributed by atoms with Crippen LogP contribution in [-0.2, 0) is 10.0 Å². The van der Waals surface area contributed by atoms with Crippen LogP contribution in [-0.4, -0.2) is 33.7 Å². The highest BCUT2D eigenvalue weighted by Crippen LogP contribution is 2.30. The highest BCUT2D eigenvalue weighted by molar-refractivity contribution is 7.89. The van der Waals surface area contributed by atoms with Crippen molar-refractivity contribution >= 4 is 10.0 Å². The van der Waals surface area contributed by atoms with Gasteiger partial charge in [-0.15, -0.1) is 0 Å². The molecule has 0 bridgehead atoms. The van der Waals surface area contributed by atoms with Crippen LogP contribution in [0.4, 0.5) is 0 Å². The SMILES string of the molecule is CCOc1ccc(S(=O)(=O)NC2CCC(N)CC2)cc1OCC. The molecule has 0 radical (unpaired) electrons. The van der Waals surface area contributed by atoms with E-state index in [4.69, 9.17) is 15.2 Å². The summed E-state index contributed by atoms with van der Waals surface area (Å²) in [5.74, 6) is 1.000. The van der Waals surface area contributed by atoms with E-state index in [0.29, 0.717) is 24.7 Å². The summed E-state index contributed by atoms with van der Waals surface area (Å²) in [5.41, 5.74) is 5.86. The Morgan fingerprint density at radius 3 is 2.30 bits per heavy atom. The third kappa shape index (κ3) is 4.83. The monoisotopic (exact) mass is 342 g/mol. The van der Waals surface area contributed by atoms with E-state index in [1.165, 1.54) is 6.07 Å². The second-order valence-corrected chi connectivity index (χ2v) is 7.42. The molecule has 23 heavy (non-hydrogen) atoms. The molecule has 7 heteroatoms. The summed E-state index contributed by atoms with van der Waals surface area (Å²) in [7, 11) is -3.58. The predicted molar refractivity (Wildman–Crippen MR) is 89.3 cm³/mol. The number of nitrogens with one attached hydrogen (secondary N) is 1. The van der Waals surface area contributed by atoms with Crippen LogP contribution in [0.2, 0.25) is 0 Å². The van der Waals surface area contributed by atoms with Gasteiger partial charge in [-0.1, -0.05) is 0 Å². The maximum Gasteiger partial charge on any atom is 0.240 e. The Morgan fingerprint density at radius 2 is 1.70 bits per heavy atom. The Kier molecular flexibility index (Phi) is 6.26. The van der Waals surface area contributed by atoms with Crippen LogP contribution in [0.3, 0.4) is 0 Å². The van der Waals surface area contributed by atoms with Gasteiger partial charge in [0.1, 0.15) is 0 Å². The van der Waals surface area contributed by atoms with E-state index in [2.05, 4.69) is 4.72 Å². The molecule has 0 aromatic heterocycles. The summed E-state index contributed by atoms with van der Waals surface area (Å²) < 4.78 is 38.9. The number of benzene rings is 1. The average molecular weight is 342 g/mol. The standard InChI is InChI=1S/C16H26N2O4S/c1-3-21-15-10-9-14(11-16(15)22-4-2)23(19,20)18-13-7-5-12(17)6-8-13/h9-13,18H,3-8,17H2,1-2H3. The number of rotatable bonds is 7. The van der Waals surface area contributed by atoms with E-state index in [0.717, 1.165) is 25.7 Å². The van der Waals surface area contributed by atoms with Crippen LogP contribution in [0.15, 0.2) is 23.1 Å². The zero-order valence-corrected chi connectivity index (χ0v) is 14.6. The van der Waals surface area contributed by atoms with Crippen molar-refractivity contribution in [2.45, 2.75) is 56.5 Å². The summed E-state index contributed by atoms with van der Waals surface area (Å²) in [6, 6.07) is 4.84. The second kappa shape index (κ2) is 7.99. The maximum absolute atomic E-state index is 12.6. The van der Waals surface area contributed by atoms with E-state index < -0.39 is 10.0 Å². The molecule has 0 saturated heterocycles. The highest BCUT2D eigenvalue weighted by atomic mass is 32.2. The molecule has 0 spiro atoms. The van der Waals surface area contributed by atoms with Gasteiger partial charge in [-0.25, -0.2) is 13.1 Å². The van der Waals surface area contributed by atoms with Crippen molar-refractivity contribution in [2.75, 3.05) is 13.2 Å². The predicted octanol–water partition coefficient (Wildman–Crippen LogP) is 2.03. The molecule has 130 valence electrons. The molecule has 1 aliphatic rings. The molecule has 2 rings (SSSR count). The van der Waals surface area contributed by atoms with Crippen molar-refractivity contribution in [3.05, 3.63) is 18.2 Å². The van der Waals surface area contributed by atoms with E-state index in [9.17, 15) is 8.42 Å². The Labute approximate surface area is 138 Å². The first-order chi connectivity index (χ1) is 11.0. The lowest BCUT2D eigenvalue weighted by atomic mass is 9.93. The van der Waals surface area contributed by atoms with Crippen LogP contribution in [0, 0.1) is 0 Å². The molecule has 1 aromatic rings. The van der Waals surface area contributed by atoms with Gasteiger partial charge in [0.15, 0.2) is 11.5 Å². The van der Waals surface area contributed by atoms with E-state index >= 15 is 0 Å². The topological polar surface area (TPSA) is 90.7 Å². The van der Waals surface area contributed by atoms with Gasteiger partial charge in [-0.05, 0) is 51.7 Å². The minimum Gasteiger partial charge on any atom is -0.490 e.